The SMILES string of the molecule is C1=C(C2c3ccccc3-c3ccccc32)CC2CCCC1S2. The van der Waals surface area contributed by atoms with Crippen LogP contribution in [-0.4, -0.2) is 10.5 Å². The van der Waals surface area contributed by atoms with Crippen molar-refractivity contribution in [3.63, 3.8) is 0 Å². The molecular formula is C21H20S. The molecule has 0 N–H and O–H groups in total. The maximum atomic E-state index is 2.61. The fourth-order valence-electron chi connectivity index (χ4n) is 4.54. The molecule has 0 amide bonds. The van der Waals surface area contributed by atoms with E-state index in [2.05, 4.69) is 66.4 Å². The molecule has 2 aliphatic heterocycles. The van der Waals surface area contributed by atoms with Gasteiger partial charge in [-0.3, -0.25) is 0 Å². The normalized spacial score (nSPS) is 26.3. The summed E-state index contributed by atoms with van der Waals surface area (Å²) in [6.45, 7) is 0. The number of thioether (sulfide) groups is 1. The largest absolute Gasteiger partial charge is 0.151 e. The van der Waals surface area contributed by atoms with E-state index in [1.807, 2.05) is 0 Å². The lowest BCUT2D eigenvalue weighted by Gasteiger charge is -2.35. The Morgan fingerprint density at radius 3 is 2.18 bits per heavy atom. The zero-order valence-corrected chi connectivity index (χ0v) is 13.5. The Kier molecular flexibility index (Phi) is 2.97. The number of allylic oxidation sites excluding steroid dienone is 1. The molecule has 2 unspecified atom stereocenters. The Bertz CT molecular complexity index is 713. The fraction of sp³-hybridized carbons (Fsp3) is 0.333. The first kappa shape index (κ1) is 13.0. The van der Waals surface area contributed by atoms with Crippen molar-refractivity contribution in [3.8, 4) is 11.1 Å². The van der Waals surface area contributed by atoms with Crippen LogP contribution in [0.5, 0.6) is 0 Å². The van der Waals surface area contributed by atoms with Crippen LogP contribution in [0.2, 0.25) is 0 Å². The molecule has 1 saturated heterocycles. The van der Waals surface area contributed by atoms with Crippen LogP contribution >= 0.6 is 11.8 Å². The maximum Gasteiger partial charge on any atom is 0.0312 e. The first-order valence-corrected chi connectivity index (χ1v) is 9.39. The van der Waals surface area contributed by atoms with Crippen LogP contribution < -0.4 is 0 Å². The molecule has 0 spiro atoms. The van der Waals surface area contributed by atoms with Gasteiger partial charge in [0.25, 0.3) is 0 Å². The molecule has 1 heteroatoms. The third-order valence-electron chi connectivity index (χ3n) is 5.45. The van der Waals surface area contributed by atoms with Gasteiger partial charge < -0.3 is 0 Å². The summed E-state index contributed by atoms with van der Waals surface area (Å²) < 4.78 is 0. The lowest BCUT2D eigenvalue weighted by molar-refractivity contribution is 0.600. The smallest absolute Gasteiger partial charge is 0.0312 e. The van der Waals surface area contributed by atoms with Crippen LogP contribution in [0.25, 0.3) is 11.1 Å². The fourth-order valence-corrected chi connectivity index (χ4v) is 6.18. The van der Waals surface area contributed by atoms with Crippen molar-refractivity contribution < 1.29 is 0 Å². The lowest BCUT2D eigenvalue weighted by atomic mass is 9.83. The summed E-state index contributed by atoms with van der Waals surface area (Å²) in [6.07, 6.45) is 8.11. The highest BCUT2D eigenvalue weighted by molar-refractivity contribution is 8.00. The van der Waals surface area contributed by atoms with Gasteiger partial charge in [0.05, 0.1) is 0 Å². The summed E-state index contributed by atoms with van der Waals surface area (Å²) in [7, 11) is 0. The molecule has 1 aliphatic carbocycles. The lowest BCUT2D eigenvalue weighted by Crippen LogP contribution is -2.23. The quantitative estimate of drug-likeness (QED) is 0.601. The zero-order chi connectivity index (χ0) is 14.5. The summed E-state index contributed by atoms with van der Waals surface area (Å²) in [5.74, 6) is 0.511. The first-order chi connectivity index (χ1) is 10.9. The van der Waals surface area contributed by atoms with Gasteiger partial charge in [0.2, 0.25) is 0 Å². The Hall–Kier alpha value is -1.47. The topological polar surface area (TPSA) is 0 Å². The van der Waals surface area contributed by atoms with E-state index >= 15 is 0 Å². The van der Waals surface area contributed by atoms with Crippen LogP contribution in [0.3, 0.4) is 0 Å². The zero-order valence-electron chi connectivity index (χ0n) is 12.7. The summed E-state index contributed by atoms with van der Waals surface area (Å²) in [5.41, 5.74) is 7.64. The molecule has 1 fully saturated rings. The molecule has 0 nitrogen and oxygen atoms in total. The average molecular weight is 304 g/mol. The second-order valence-electron chi connectivity index (χ2n) is 6.78. The molecular weight excluding hydrogens is 284 g/mol. The number of hydrogen-bond donors (Lipinski definition) is 0. The average Bonchev–Trinajstić information content (AvgIpc) is 2.89. The molecule has 22 heavy (non-hydrogen) atoms. The molecule has 2 aromatic rings. The molecule has 2 heterocycles. The van der Waals surface area contributed by atoms with Crippen molar-refractivity contribution in [2.75, 3.05) is 0 Å². The van der Waals surface area contributed by atoms with E-state index in [4.69, 9.17) is 0 Å². The first-order valence-electron chi connectivity index (χ1n) is 8.44. The monoisotopic (exact) mass is 304 g/mol. The molecule has 2 aromatic carbocycles. The molecule has 0 radical (unpaired) electrons. The molecule has 0 aromatic heterocycles. The van der Waals surface area contributed by atoms with Crippen LogP contribution in [0.1, 0.15) is 42.7 Å². The van der Waals surface area contributed by atoms with E-state index in [0.717, 1.165) is 10.5 Å². The van der Waals surface area contributed by atoms with Crippen molar-refractivity contribution in [1.82, 2.24) is 0 Å². The highest BCUT2D eigenvalue weighted by Gasteiger charge is 2.35. The van der Waals surface area contributed by atoms with Gasteiger partial charge in [-0.2, -0.15) is 11.8 Å². The van der Waals surface area contributed by atoms with E-state index in [0.29, 0.717) is 5.92 Å². The summed E-state index contributed by atoms with van der Waals surface area (Å²) >= 11 is 2.22. The standard InChI is InChI=1S/C21H20S/c1-3-10-19-17(8-1)18-9-2-4-11-20(18)21(19)14-12-15-6-5-7-16(13-14)22-15/h1-4,8-12,15-16,21H,5-7,13H2. The van der Waals surface area contributed by atoms with Gasteiger partial charge in [-0.05, 0) is 41.5 Å². The van der Waals surface area contributed by atoms with Gasteiger partial charge in [0.1, 0.15) is 0 Å². The molecule has 5 rings (SSSR count). The van der Waals surface area contributed by atoms with Gasteiger partial charge in [0.15, 0.2) is 0 Å². The third-order valence-corrected chi connectivity index (χ3v) is 6.96. The minimum Gasteiger partial charge on any atom is -0.151 e. The Balaban J connectivity index is 1.67. The van der Waals surface area contributed by atoms with Crippen LogP contribution in [0.15, 0.2) is 60.2 Å². The van der Waals surface area contributed by atoms with Crippen molar-refractivity contribution in [2.45, 2.75) is 42.1 Å². The summed E-state index contributed by atoms with van der Waals surface area (Å²) in [6, 6.07) is 18.1. The Morgan fingerprint density at radius 2 is 1.50 bits per heavy atom. The molecule has 3 aliphatic rings. The van der Waals surface area contributed by atoms with Gasteiger partial charge in [0, 0.05) is 16.4 Å². The number of benzene rings is 2. The minimum absolute atomic E-state index is 0.511. The van der Waals surface area contributed by atoms with E-state index in [9.17, 15) is 0 Å². The molecule has 0 saturated carbocycles. The van der Waals surface area contributed by atoms with Crippen LogP contribution in [0, 0.1) is 0 Å². The number of fused-ring (bicyclic) bond motifs is 5. The van der Waals surface area contributed by atoms with Crippen LogP contribution in [-0.2, 0) is 0 Å². The van der Waals surface area contributed by atoms with E-state index in [1.54, 1.807) is 5.57 Å². The van der Waals surface area contributed by atoms with Crippen molar-refractivity contribution in [3.05, 3.63) is 71.3 Å². The van der Waals surface area contributed by atoms with Crippen LogP contribution in [0.4, 0.5) is 0 Å². The second kappa shape index (κ2) is 5.03. The van der Waals surface area contributed by atoms with Gasteiger partial charge in [-0.1, -0.05) is 66.6 Å². The van der Waals surface area contributed by atoms with Crippen molar-refractivity contribution >= 4 is 11.8 Å². The minimum atomic E-state index is 0.511. The van der Waals surface area contributed by atoms with Crippen molar-refractivity contribution in [2.24, 2.45) is 0 Å². The van der Waals surface area contributed by atoms with E-state index < -0.39 is 0 Å². The van der Waals surface area contributed by atoms with Gasteiger partial charge in [-0.25, -0.2) is 0 Å². The predicted molar refractivity (Wildman–Crippen MR) is 95.4 cm³/mol. The number of hydrogen-bond acceptors (Lipinski definition) is 1. The highest BCUT2D eigenvalue weighted by Crippen LogP contribution is 2.52. The van der Waals surface area contributed by atoms with Gasteiger partial charge in [-0.15, -0.1) is 0 Å². The van der Waals surface area contributed by atoms with E-state index in [-0.39, 0.29) is 0 Å². The summed E-state index contributed by atoms with van der Waals surface area (Å²) in [4.78, 5) is 0. The van der Waals surface area contributed by atoms with Gasteiger partial charge >= 0.3 is 0 Å². The Labute approximate surface area is 136 Å². The molecule has 2 bridgehead atoms. The highest BCUT2D eigenvalue weighted by atomic mass is 32.2. The predicted octanol–water partition coefficient (Wildman–Crippen LogP) is 5.78. The third kappa shape index (κ3) is 1.91. The molecule has 110 valence electrons. The summed E-state index contributed by atoms with van der Waals surface area (Å²) in [5, 5.41) is 1.63. The second-order valence-corrected chi connectivity index (χ2v) is 8.32. The number of rotatable bonds is 1. The molecule has 2 atom stereocenters. The van der Waals surface area contributed by atoms with E-state index in [1.165, 1.54) is 47.9 Å². The van der Waals surface area contributed by atoms with Crippen molar-refractivity contribution in [1.29, 1.82) is 0 Å². The Morgan fingerprint density at radius 1 is 0.818 bits per heavy atom. The maximum absolute atomic E-state index is 2.61.